The summed E-state index contributed by atoms with van der Waals surface area (Å²) in [5.41, 5.74) is 4.59. The smallest absolute Gasteiger partial charge is 0.192 e. The fourth-order valence-electron chi connectivity index (χ4n) is 8.45. The first-order chi connectivity index (χ1) is 21.8. The van der Waals surface area contributed by atoms with Crippen LogP contribution in [0.4, 0.5) is 0 Å². The Morgan fingerprint density at radius 1 is 0.833 bits per heavy atom. The number of allylic oxidation sites excluding steroid dienone is 4. The Hall–Kier alpha value is -0.509. The number of hydrogen-bond acceptors (Lipinski definition) is 3. The highest BCUT2D eigenvalue weighted by atomic mass is 28.4. The zero-order chi connectivity index (χ0) is 36.1. The van der Waals surface area contributed by atoms with Gasteiger partial charge in [-0.25, -0.2) is 0 Å². The highest BCUT2D eigenvalue weighted by Crippen LogP contribution is 2.59. The van der Waals surface area contributed by atoms with Crippen LogP contribution in [0.2, 0.25) is 55.9 Å². The highest BCUT2D eigenvalue weighted by molar-refractivity contribution is 6.74. The molecule has 4 rings (SSSR count). The summed E-state index contributed by atoms with van der Waals surface area (Å²) in [5, 5.41) is 0.339. The summed E-state index contributed by atoms with van der Waals surface area (Å²) in [5.74, 6) is 2.74. The molecular weight excluding hydrogens is 637 g/mol. The van der Waals surface area contributed by atoms with Crippen LogP contribution in [0.25, 0.3) is 0 Å². The molecule has 0 aromatic heterocycles. The van der Waals surface area contributed by atoms with E-state index in [1.165, 1.54) is 56.1 Å². The minimum absolute atomic E-state index is 0.0311. The van der Waals surface area contributed by atoms with Crippen LogP contribution in [-0.2, 0) is 13.3 Å². The first kappa shape index (κ1) is 40.3. The van der Waals surface area contributed by atoms with Gasteiger partial charge in [0.1, 0.15) is 0 Å². The Labute approximate surface area is 301 Å². The van der Waals surface area contributed by atoms with Gasteiger partial charge in [0.05, 0.1) is 18.3 Å². The quantitative estimate of drug-likeness (QED) is 0.158. The van der Waals surface area contributed by atoms with Crippen molar-refractivity contribution in [2.75, 3.05) is 0 Å². The van der Waals surface area contributed by atoms with Crippen molar-refractivity contribution in [2.45, 2.75) is 187 Å². The summed E-state index contributed by atoms with van der Waals surface area (Å²) in [6.45, 7) is 40.5. The highest BCUT2D eigenvalue weighted by Gasteiger charge is 2.50. The molecule has 274 valence electrons. The van der Waals surface area contributed by atoms with Crippen LogP contribution in [0.1, 0.15) is 113 Å². The average molecular weight is 713 g/mol. The largest absolute Gasteiger partial charge is 0.413 e. The van der Waals surface area contributed by atoms with Crippen molar-refractivity contribution >= 4 is 25.0 Å². The Bertz CT molecular complexity index is 1240. The van der Waals surface area contributed by atoms with Gasteiger partial charge >= 0.3 is 0 Å². The topological polar surface area (TPSA) is 27.7 Å². The molecular formula is C42H76O3Si3. The van der Waals surface area contributed by atoms with E-state index in [2.05, 4.69) is 126 Å². The van der Waals surface area contributed by atoms with Crippen LogP contribution < -0.4 is 0 Å². The van der Waals surface area contributed by atoms with Gasteiger partial charge in [0.25, 0.3) is 0 Å². The molecule has 0 aliphatic heterocycles. The maximum Gasteiger partial charge on any atom is 0.192 e. The van der Waals surface area contributed by atoms with E-state index in [1.54, 1.807) is 5.57 Å². The zero-order valence-electron chi connectivity index (χ0n) is 34.1. The molecule has 6 heteroatoms. The monoisotopic (exact) mass is 713 g/mol. The van der Waals surface area contributed by atoms with Crippen LogP contribution in [0, 0.1) is 29.1 Å². The molecule has 0 saturated heterocycles. The van der Waals surface area contributed by atoms with Gasteiger partial charge in [-0.05, 0) is 148 Å². The van der Waals surface area contributed by atoms with Gasteiger partial charge < -0.3 is 13.3 Å². The normalized spacial score (nSPS) is 32.7. The minimum atomic E-state index is -1.98. The van der Waals surface area contributed by atoms with Gasteiger partial charge in [0.2, 0.25) is 0 Å². The van der Waals surface area contributed by atoms with E-state index >= 15 is 0 Å². The molecule has 0 aromatic carbocycles. The lowest BCUT2D eigenvalue weighted by Gasteiger charge is -2.45. The maximum atomic E-state index is 7.12. The second-order valence-corrected chi connectivity index (χ2v) is 34.6. The van der Waals surface area contributed by atoms with E-state index < -0.39 is 25.0 Å². The fraction of sp³-hybridized carbons (Fsp3) is 0.810. The van der Waals surface area contributed by atoms with E-state index in [0.717, 1.165) is 24.7 Å². The molecule has 0 amide bonds. The fourth-order valence-corrected chi connectivity index (χ4v) is 12.2. The Kier molecular flexibility index (Phi) is 12.2. The molecule has 0 bridgehead atoms. The standard InChI is InChI=1S/C42H76O3Si3/c1-30(19-26-38(33-21-22-33)44-46(10,11)12)36-24-25-37-32(18-17-27-42(36,37)9)20-23-34-28-35(43-47(13,14)40(3,4)5)29-39(31(34)2)45-48(15,16)41(6,7)8/h19-20,23,26,30,33,35-39H,2,17-18,21-22,24-25,27-29H2,1,3-16H3/b26-19+,32-20+,34-23-/t30-,35-,36-,37+,38-,39+,42-/m1/s1. The van der Waals surface area contributed by atoms with Crippen molar-refractivity contribution in [3.05, 3.63) is 47.6 Å². The lowest BCUT2D eigenvalue weighted by Crippen LogP contribution is -2.49. The van der Waals surface area contributed by atoms with E-state index in [0.29, 0.717) is 23.4 Å². The van der Waals surface area contributed by atoms with Crippen molar-refractivity contribution < 1.29 is 13.3 Å². The molecule has 0 heterocycles. The molecule has 0 aromatic rings. The molecule has 0 spiro atoms. The van der Waals surface area contributed by atoms with Crippen molar-refractivity contribution in [3.8, 4) is 0 Å². The second kappa shape index (κ2) is 14.5. The molecule has 0 N–H and O–H groups in total. The molecule has 4 saturated carbocycles. The zero-order valence-corrected chi connectivity index (χ0v) is 37.1. The van der Waals surface area contributed by atoms with Gasteiger partial charge in [-0.1, -0.05) is 91.8 Å². The Morgan fingerprint density at radius 3 is 2.00 bits per heavy atom. The van der Waals surface area contributed by atoms with Crippen LogP contribution in [0.3, 0.4) is 0 Å². The van der Waals surface area contributed by atoms with Gasteiger partial charge in [0.15, 0.2) is 25.0 Å². The SMILES string of the molecule is C=C1/C(=C\C=C2/CCC[C@]3(C)[C@@H]([C@H](C)/C=C/[C@@H](O[Si](C)(C)C)C4CC4)CC[C@@H]23)C[C@@H](O[Si](C)(C)C(C)(C)C)C[C@@H]1O[Si](C)(C)C(C)(C)C. The predicted octanol–water partition coefficient (Wildman–Crippen LogP) is 13.0. The van der Waals surface area contributed by atoms with E-state index in [-0.39, 0.29) is 22.3 Å². The Balaban J connectivity index is 1.56. The molecule has 4 aliphatic rings. The van der Waals surface area contributed by atoms with Crippen molar-refractivity contribution in [1.82, 2.24) is 0 Å². The van der Waals surface area contributed by atoms with E-state index in [1.807, 2.05) is 0 Å². The van der Waals surface area contributed by atoms with Crippen LogP contribution in [-0.4, -0.2) is 43.3 Å². The minimum Gasteiger partial charge on any atom is -0.413 e. The summed E-state index contributed by atoms with van der Waals surface area (Å²) in [4.78, 5) is 0. The number of fused-ring (bicyclic) bond motifs is 1. The van der Waals surface area contributed by atoms with Crippen molar-refractivity contribution in [2.24, 2.45) is 29.1 Å². The first-order valence-corrected chi connectivity index (χ1v) is 28.9. The first-order valence-electron chi connectivity index (χ1n) is 19.7. The van der Waals surface area contributed by atoms with Crippen molar-refractivity contribution in [1.29, 1.82) is 0 Å². The summed E-state index contributed by atoms with van der Waals surface area (Å²) >= 11 is 0. The van der Waals surface area contributed by atoms with Crippen LogP contribution in [0.5, 0.6) is 0 Å². The molecule has 7 atom stereocenters. The second-order valence-electron chi connectivity index (χ2n) is 20.6. The lowest BCUT2D eigenvalue weighted by molar-refractivity contribution is 0.0969. The third-order valence-corrected chi connectivity index (χ3v) is 23.6. The molecule has 4 fully saturated rings. The van der Waals surface area contributed by atoms with Crippen LogP contribution >= 0.6 is 0 Å². The predicted molar refractivity (Wildman–Crippen MR) is 216 cm³/mol. The molecule has 0 radical (unpaired) electrons. The van der Waals surface area contributed by atoms with E-state index in [4.69, 9.17) is 19.9 Å². The van der Waals surface area contributed by atoms with Gasteiger partial charge in [-0.2, -0.15) is 0 Å². The van der Waals surface area contributed by atoms with E-state index in [9.17, 15) is 0 Å². The lowest BCUT2D eigenvalue weighted by atomic mass is 9.61. The van der Waals surface area contributed by atoms with Gasteiger partial charge in [0, 0.05) is 6.42 Å². The third kappa shape index (κ3) is 9.47. The summed E-state index contributed by atoms with van der Waals surface area (Å²) < 4.78 is 20.9. The van der Waals surface area contributed by atoms with Gasteiger partial charge in [-0.15, -0.1) is 0 Å². The van der Waals surface area contributed by atoms with Crippen molar-refractivity contribution in [3.63, 3.8) is 0 Å². The number of hydrogen-bond donors (Lipinski definition) is 0. The third-order valence-electron chi connectivity index (χ3n) is 13.6. The summed E-state index contributed by atoms with van der Waals surface area (Å²) in [7, 11) is -5.46. The number of rotatable bonds is 11. The molecule has 3 nitrogen and oxygen atoms in total. The maximum absolute atomic E-state index is 7.12. The Morgan fingerprint density at radius 2 is 1.44 bits per heavy atom. The van der Waals surface area contributed by atoms with Gasteiger partial charge in [-0.3, -0.25) is 0 Å². The molecule has 48 heavy (non-hydrogen) atoms. The molecule has 0 unspecified atom stereocenters. The summed E-state index contributed by atoms with van der Waals surface area (Å²) in [6.07, 6.45) is 21.6. The summed E-state index contributed by atoms with van der Waals surface area (Å²) in [6, 6.07) is 0. The average Bonchev–Trinajstić information content (AvgIpc) is 3.70. The van der Waals surface area contributed by atoms with Crippen LogP contribution in [0.15, 0.2) is 47.6 Å². The molecule has 4 aliphatic carbocycles.